The standard InChI is InChI=1S/C14H12BrN3O4/c15-9-6-11-10(20-3-4-21-11)5-8(9)7-22-14(19)12-13(16)18-2-1-17-12/h1-2,5-6H,3-4,7H2,(H2,16,18). The van der Waals surface area contributed by atoms with Crippen molar-refractivity contribution in [3.63, 3.8) is 0 Å². The van der Waals surface area contributed by atoms with Crippen LogP contribution < -0.4 is 15.2 Å². The van der Waals surface area contributed by atoms with E-state index in [1.54, 1.807) is 12.1 Å². The molecule has 8 heteroatoms. The Labute approximate surface area is 134 Å². The predicted octanol–water partition coefficient (Wildman–Crippen LogP) is 1.95. The van der Waals surface area contributed by atoms with Gasteiger partial charge in [-0.25, -0.2) is 14.8 Å². The van der Waals surface area contributed by atoms with Gasteiger partial charge in [0.1, 0.15) is 19.8 Å². The van der Waals surface area contributed by atoms with Gasteiger partial charge in [0.05, 0.1) is 0 Å². The van der Waals surface area contributed by atoms with Gasteiger partial charge in [-0.05, 0) is 12.1 Å². The van der Waals surface area contributed by atoms with Gasteiger partial charge >= 0.3 is 5.97 Å². The summed E-state index contributed by atoms with van der Waals surface area (Å²) in [7, 11) is 0. The Morgan fingerprint density at radius 3 is 2.64 bits per heavy atom. The van der Waals surface area contributed by atoms with Gasteiger partial charge in [-0.1, -0.05) is 15.9 Å². The van der Waals surface area contributed by atoms with Gasteiger partial charge in [0.25, 0.3) is 0 Å². The second-order valence-electron chi connectivity index (χ2n) is 4.45. The SMILES string of the molecule is Nc1nccnc1C(=O)OCc1cc2c(cc1Br)OCCO2. The van der Waals surface area contributed by atoms with Crippen molar-refractivity contribution in [1.82, 2.24) is 9.97 Å². The summed E-state index contributed by atoms with van der Waals surface area (Å²) in [5.74, 6) is 0.687. The lowest BCUT2D eigenvalue weighted by Crippen LogP contribution is -2.16. The average Bonchev–Trinajstić information content (AvgIpc) is 2.53. The number of ether oxygens (including phenoxy) is 3. The number of halogens is 1. The molecule has 2 N–H and O–H groups in total. The zero-order chi connectivity index (χ0) is 15.5. The van der Waals surface area contributed by atoms with E-state index in [2.05, 4.69) is 25.9 Å². The van der Waals surface area contributed by atoms with E-state index in [0.29, 0.717) is 24.7 Å². The smallest absolute Gasteiger partial charge is 0.361 e. The molecule has 0 saturated heterocycles. The number of carbonyl (C=O) groups excluding carboxylic acids is 1. The number of nitrogen functional groups attached to an aromatic ring is 1. The van der Waals surface area contributed by atoms with Crippen LogP contribution in [0.2, 0.25) is 0 Å². The Morgan fingerprint density at radius 1 is 1.23 bits per heavy atom. The molecule has 0 saturated carbocycles. The molecule has 0 unspecified atom stereocenters. The monoisotopic (exact) mass is 365 g/mol. The maximum absolute atomic E-state index is 12.0. The van der Waals surface area contributed by atoms with Gasteiger partial charge in [-0.15, -0.1) is 0 Å². The maximum Gasteiger partial charge on any atom is 0.361 e. The van der Waals surface area contributed by atoms with E-state index in [1.807, 2.05) is 0 Å². The van der Waals surface area contributed by atoms with Crippen molar-refractivity contribution in [3.05, 3.63) is 40.3 Å². The molecule has 0 bridgehead atoms. The van der Waals surface area contributed by atoms with Crippen LogP contribution >= 0.6 is 15.9 Å². The summed E-state index contributed by atoms with van der Waals surface area (Å²) in [6.45, 7) is 1.05. The number of esters is 1. The zero-order valence-corrected chi connectivity index (χ0v) is 13.0. The maximum atomic E-state index is 12.0. The van der Waals surface area contributed by atoms with Crippen molar-refractivity contribution in [3.8, 4) is 11.5 Å². The lowest BCUT2D eigenvalue weighted by Gasteiger charge is -2.19. The van der Waals surface area contributed by atoms with E-state index < -0.39 is 5.97 Å². The van der Waals surface area contributed by atoms with E-state index in [9.17, 15) is 4.79 Å². The summed E-state index contributed by atoms with van der Waals surface area (Å²) in [5.41, 5.74) is 6.34. The van der Waals surface area contributed by atoms with Crippen LogP contribution in [0, 0.1) is 0 Å². The first-order chi connectivity index (χ1) is 10.6. The Hall–Kier alpha value is -2.35. The minimum Gasteiger partial charge on any atom is -0.486 e. The number of aromatic nitrogens is 2. The molecule has 3 rings (SSSR count). The predicted molar refractivity (Wildman–Crippen MR) is 80.7 cm³/mol. The number of benzene rings is 1. The van der Waals surface area contributed by atoms with Crippen LogP contribution in [0.15, 0.2) is 29.0 Å². The lowest BCUT2D eigenvalue weighted by molar-refractivity contribution is 0.0465. The van der Waals surface area contributed by atoms with Crippen molar-refractivity contribution in [1.29, 1.82) is 0 Å². The van der Waals surface area contributed by atoms with Crippen LogP contribution in [-0.4, -0.2) is 29.2 Å². The van der Waals surface area contributed by atoms with E-state index in [1.165, 1.54) is 12.4 Å². The first kappa shape index (κ1) is 14.6. The fourth-order valence-electron chi connectivity index (χ4n) is 1.93. The molecule has 2 heterocycles. The second kappa shape index (κ2) is 6.18. The van der Waals surface area contributed by atoms with Crippen molar-refractivity contribution in [2.24, 2.45) is 0 Å². The van der Waals surface area contributed by atoms with Gasteiger partial charge < -0.3 is 19.9 Å². The molecular weight excluding hydrogens is 354 g/mol. The molecule has 7 nitrogen and oxygen atoms in total. The number of hydrogen-bond acceptors (Lipinski definition) is 7. The summed E-state index contributed by atoms with van der Waals surface area (Å²) < 4.78 is 17.0. The van der Waals surface area contributed by atoms with Crippen LogP contribution in [0.1, 0.15) is 16.1 Å². The van der Waals surface area contributed by atoms with Gasteiger partial charge in [-0.3, -0.25) is 0 Å². The molecule has 0 fully saturated rings. The van der Waals surface area contributed by atoms with Crippen LogP contribution in [0.4, 0.5) is 5.82 Å². The van der Waals surface area contributed by atoms with E-state index in [-0.39, 0.29) is 18.1 Å². The van der Waals surface area contributed by atoms with Crippen LogP contribution in [0.3, 0.4) is 0 Å². The first-order valence-corrected chi connectivity index (χ1v) is 7.26. The van der Waals surface area contributed by atoms with E-state index in [4.69, 9.17) is 19.9 Å². The number of nitrogens with two attached hydrogens (primary N) is 1. The van der Waals surface area contributed by atoms with Crippen molar-refractivity contribution in [2.75, 3.05) is 18.9 Å². The van der Waals surface area contributed by atoms with Gasteiger partial charge in [0.15, 0.2) is 23.0 Å². The highest BCUT2D eigenvalue weighted by molar-refractivity contribution is 9.10. The van der Waals surface area contributed by atoms with Crippen molar-refractivity contribution >= 4 is 27.7 Å². The third kappa shape index (κ3) is 2.96. The van der Waals surface area contributed by atoms with Gasteiger partial charge in [-0.2, -0.15) is 0 Å². The molecule has 2 aromatic rings. The summed E-state index contributed by atoms with van der Waals surface area (Å²) in [4.78, 5) is 19.6. The van der Waals surface area contributed by atoms with Gasteiger partial charge in [0.2, 0.25) is 0 Å². The fraction of sp³-hybridized carbons (Fsp3) is 0.214. The first-order valence-electron chi connectivity index (χ1n) is 6.47. The Morgan fingerprint density at radius 2 is 1.91 bits per heavy atom. The average molecular weight is 366 g/mol. The molecule has 0 aliphatic carbocycles. The molecule has 0 amide bonds. The van der Waals surface area contributed by atoms with E-state index in [0.717, 1.165) is 10.0 Å². The molecular formula is C14H12BrN3O4. The number of nitrogens with zero attached hydrogens (tertiary/aromatic N) is 2. The Balaban J connectivity index is 1.74. The highest BCUT2D eigenvalue weighted by Crippen LogP contribution is 2.35. The quantitative estimate of drug-likeness (QED) is 0.830. The normalized spacial score (nSPS) is 12.8. The zero-order valence-electron chi connectivity index (χ0n) is 11.4. The molecule has 1 aromatic heterocycles. The fourth-order valence-corrected chi connectivity index (χ4v) is 2.37. The highest BCUT2D eigenvalue weighted by atomic mass is 79.9. The molecule has 1 aliphatic heterocycles. The highest BCUT2D eigenvalue weighted by Gasteiger charge is 2.18. The van der Waals surface area contributed by atoms with Gasteiger partial charge in [0, 0.05) is 22.4 Å². The van der Waals surface area contributed by atoms with Crippen LogP contribution in [0.25, 0.3) is 0 Å². The minimum atomic E-state index is -0.632. The summed E-state index contributed by atoms with van der Waals surface area (Å²) in [6, 6.07) is 3.56. The van der Waals surface area contributed by atoms with Crippen LogP contribution in [-0.2, 0) is 11.3 Å². The Bertz CT molecular complexity index is 723. The Kier molecular flexibility index (Phi) is 4.10. The third-order valence-electron chi connectivity index (χ3n) is 2.99. The number of carbonyl (C=O) groups is 1. The molecule has 0 atom stereocenters. The molecule has 0 radical (unpaired) electrons. The van der Waals surface area contributed by atoms with E-state index >= 15 is 0 Å². The molecule has 114 valence electrons. The number of anilines is 1. The summed E-state index contributed by atoms with van der Waals surface area (Å²) in [5, 5.41) is 0. The summed E-state index contributed by atoms with van der Waals surface area (Å²) in [6.07, 6.45) is 2.79. The number of hydrogen-bond donors (Lipinski definition) is 1. The van der Waals surface area contributed by atoms with Crippen LogP contribution in [0.5, 0.6) is 11.5 Å². The number of rotatable bonds is 3. The van der Waals surface area contributed by atoms with Crippen molar-refractivity contribution < 1.29 is 19.0 Å². The third-order valence-corrected chi connectivity index (χ3v) is 3.73. The molecule has 1 aliphatic rings. The topological polar surface area (TPSA) is 96.6 Å². The summed E-state index contributed by atoms with van der Waals surface area (Å²) >= 11 is 3.42. The second-order valence-corrected chi connectivity index (χ2v) is 5.31. The lowest BCUT2D eigenvalue weighted by atomic mass is 10.2. The minimum absolute atomic E-state index is 0.00355. The molecule has 0 spiro atoms. The molecule has 1 aromatic carbocycles. The molecule has 22 heavy (non-hydrogen) atoms. The van der Waals surface area contributed by atoms with Crippen molar-refractivity contribution in [2.45, 2.75) is 6.61 Å². The number of fused-ring (bicyclic) bond motifs is 1. The largest absolute Gasteiger partial charge is 0.486 e.